The average Bonchev–Trinajstić information content (AvgIpc) is 2.95. The van der Waals surface area contributed by atoms with E-state index in [9.17, 15) is 5.11 Å². The molecule has 3 nitrogen and oxygen atoms in total. The first-order valence-corrected chi connectivity index (χ1v) is 9.25. The van der Waals surface area contributed by atoms with E-state index in [0.717, 1.165) is 12.8 Å². The first kappa shape index (κ1) is 14.1. The number of fused-ring (bicyclic) bond motifs is 3. The molecule has 1 unspecified atom stereocenters. The van der Waals surface area contributed by atoms with E-state index in [0.29, 0.717) is 11.5 Å². The Hall–Kier alpha value is -1.32. The lowest BCUT2D eigenvalue weighted by Crippen LogP contribution is -2.53. The van der Waals surface area contributed by atoms with Gasteiger partial charge in [0.2, 0.25) is 0 Å². The summed E-state index contributed by atoms with van der Waals surface area (Å²) in [7, 11) is 0. The summed E-state index contributed by atoms with van der Waals surface area (Å²) in [5, 5.41) is 11.6. The van der Waals surface area contributed by atoms with Crippen LogP contribution in [0.15, 0.2) is 24.3 Å². The molecule has 0 bridgehead atoms. The Morgan fingerprint density at radius 1 is 1.26 bits per heavy atom. The third-order valence-electron chi connectivity index (χ3n) is 6.95. The van der Waals surface area contributed by atoms with Gasteiger partial charge < -0.3 is 9.67 Å². The fraction of sp³-hybridized carbons (Fsp3) is 0.600. The highest BCUT2D eigenvalue weighted by Gasteiger charge is 2.52. The summed E-state index contributed by atoms with van der Waals surface area (Å²) in [6.07, 6.45) is 6.16. The van der Waals surface area contributed by atoms with Crippen molar-refractivity contribution in [3.63, 3.8) is 0 Å². The molecule has 1 N–H and O–H groups in total. The fourth-order valence-corrected chi connectivity index (χ4v) is 5.99. The van der Waals surface area contributed by atoms with E-state index >= 15 is 0 Å². The van der Waals surface area contributed by atoms with Crippen LogP contribution >= 0.6 is 0 Å². The van der Waals surface area contributed by atoms with Crippen LogP contribution < -0.4 is 0 Å². The topological polar surface area (TPSA) is 28.4 Å². The minimum atomic E-state index is 0.248. The Balaban J connectivity index is 1.85. The molecule has 1 aromatic heterocycles. The molecule has 4 heterocycles. The second-order valence-corrected chi connectivity index (χ2v) is 7.80. The van der Waals surface area contributed by atoms with Crippen molar-refractivity contribution in [1.82, 2.24) is 9.47 Å². The Morgan fingerprint density at radius 3 is 2.96 bits per heavy atom. The van der Waals surface area contributed by atoms with Crippen molar-refractivity contribution in [3.8, 4) is 0 Å². The number of aliphatic hydroxyl groups excluding tert-OH is 1. The van der Waals surface area contributed by atoms with Crippen LogP contribution in [0.2, 0.25) is 0 Å². The summed E-state index contributed by atoms with van der Waals surface area (Å²) in [5.74, 6) is 0. The lowest BCUT2D eigenvalue weighted by molar-refractivity contribution is -0.0421. The molecule has 122 valence electrons. The molecule has 0 aliphatic carbocycles. The predicted molar refractivity (Wildman–Crippen MR) is 92.7 cm³/mol. The van der Waals surface area contributed by atoms with Crippen LogP contribution in [0.3, 0.4) is 0 Å². The summed E-state index contributed by atoms with van der Waals surface area (Å²) in [6, 6.07) is 9.67. The van der Waals surface area contributed by atoms with Crippen LogP contribution in [0.4, 0.5) is 0 Å². The van der Waals surface area contributed by atoms with E-state index in [1.54, 1.807) is 11.3 Å². The van der Waals surface area contributed by atoms with Gasteiger partial charge in [0.25, 0.3) is 0 Å². The number of para-hydroxylation sites is 1. The first-order valence-electron chi connectivity index (χ1n) is 9.25. The molecule has 3 aliphatic rings. The number of piperidine rings is 1. The van der Waals surface area contributed by atoms with Crippen molar-refractivity contribution in [2.75, 3.05) is 19.7 Å². The molecule has 3 aliphatic heterocycles. The van der Waals surface area contributed by atoms with Gasteiger partial charge in [0.15, 0.2) is 0 Å². The van der Waals surface area contributed by atoms with E-state index in [-0.39, 0.29) is 12.6 Å². The number of hydrogen-bond donors (Lipinski definition) is 1. The van der Waals surface area contributed by atoms with Gasteiger partial charge in [-0.25, -0.2) is 0 Å². The van der Waals surface area contributed by atoms with Gasteiger partial charge in [-0.2, -0.15) is 0 Å². The van der Waals surface area contributed by atoms with Crippen molar-refractivity contribution in [3.05, 3.63) is 35.5 Å². The van der Waals surface area contributed by atoms with Crippen molar-refractivity contribution < 1.29 is 5.11 Å². The third kappa shape index (κ3) is 1.67. The molecule has 0 radical (unpaired) electrons. The molecule has 1 fully saturated rings. The molecule has 3 heteroatoms. The number of aromatic nitrogens is 1. The van der Waals surface area contributed by atoms with Gasteiger partial charge in [0.05, 0.1) is 18.7 Å². The minimum absolute atomic E-state index is 0.248. The van der Waals surface area contributed by atoms with E-state index in [1.807, 2.05) is 0 Å². The van der Waals surface area contributed by atoms with Crippen LogP contribution in [0.25, 0.3) is 10.9 Å². The Bertz CT molecular complexity index is 764. The largest absolute Gasteiger partial charge is 0.394 e. The lowest BCUT2D eigenvalue weighted by Gasteiger charge is -2.56. The summed E-state index contributed by atoms with van der Waals surface area (Å²) in [6.45, 7) is 5.08. The highest BCUT2D eigenvalue weighted by molar-refractivity contribution is 5.86. The van der Waals surface area contributed by atoms with Crippen LogP contribution in [-0.2, 0) is 6.42 Å². The SMILES string of the molecule is CC[C@]12CCCN3CCc4c(n(c5ccccc45)C(CO)C1)[C@@H]32. The second-order valence-electron chi connectivity index (χ2n) is 7.80. The van der Waals surface area contributed by atoms with E-state index in [1.165, 1.54) is 43.3 Å². The molecule has 3 atom stereocenters. The van der Waals surface area contributed by atoms with Gasteiger partial charge in [-0.1, -0.05) is 25.1 Å². The van der Waals surface area contributed by atoms with Gasteiger partial charge in [-0.3, -0.25) is 4.90 Å². The van der Waals surface area contributed by atoms with Gasteiger partial charge in [-0.15, -0.1) is 0 Å². The highest BCUT2D eigenvalue weighted by atomic mass is 16.3. The van der Waals surface area contributed by atoms with E-state index in [2.05, 4.69) is 40.7 Å². The molecular formula is C20H26N2O. The van der Waals surface area contributed by atoms with Crippen LogP contribution in [-0.4, -0.2) is 34.3 Å². The lowest BCUT2D eigenvalue weighted by atomic mass is 9.63. The molecule has 23 heavy (non-hydrogen) atoms. The zero-order chi connectivity index (χ0) is 15.6. The molecule has 0 spiro atoms. The maximum Gasteiger partial charge on any atom is 0.0639 e. The van der Waals surface area contributed by atoms with E-state index < -0.39 is 0 Å². The molecule has 1 aromatic carbocycles. The quantitative estimate of drug-likeness (QED) is 0.917. The molecule has 2 aromatic rings. The van der Waals surface area contributed by atoms with Gasteiger partial charge in [0.1, 0.15) is 0 Å². The average molecular weight is 310 g/mol. The maximum atomic E-state index is 10.2. The molecule has 1 saturated heterocycles. The zero-order valence-electron chi connectivity index (χ0n) is 14.0. The van der Waals surface area contributed by atoms with E-state index in [4.69, 9.17) is 0 Å². The van der Waals surface area contributed by atoms with Crippen LogP contribution in [0, 0.1) is 5.41 Å². The second kappa shape index (κ2) is 4.84. The third-order valence-corrected chi connectivity index (χ3v) is 6.95. The standard InChI is InChI=1S/C20H26N2O/c1-2-20-9-5-10-21-11-8-16-15-6-3-4-7-17(15)22(14(12-20)13-23)18(16)19(20)21/h3-4,6-7,14,19,23H,2,5,8-13H2,1H3/t14?,19-,20+/m1/s1. The number of nitrogens with zero attached hydrogens (tertiary/aromatic N) is 2. The normalized spacial score (nSPS) is 33.0. The van der Waals surface area contributed by atoms with Crippen LogP contribution in [0.1, 0.15) is 55.9 Å². The maximum absolute atomic E-state index is 10.2. The van der Waals surface area contributed by atoms with Gasteiger partial charge >= 0.3 is 0 Å². The van der Waals surface area contributed by atoms with Crippen molar-refractivity contribution >= 4 is 10.9 Å². The number of rotatable bonds is 2. The fourth-order valence-electron chi connectivity index (χ4n) is 5.99. The monoisotopic (exact) mass is 310 g/mol. The van der Waals surface area contributed by atoms with Gasteiger partial charge in [0, 0.05) is 23.1 Å². The first-order chi connectivity index (χ1) is 11.3. The number of aliphatic hydroxyl groups is 1. The van der Waals surface area contributed by atoms with Crippen molar-refractivity contribution in [2.45, 2.75) is 51.1 Å². The number of hydrogen-bond acceptors (Lipinski definition) is 2. The Labute approximate surface area is 137 Å². The molecule has 0 amide bonds. The highest BCUT2D eigenvalue weighted by Crippen LogP contribution is 2.59. The Kier molecular flexibility index (Phi) is 2.96. The molecule has 0 saturated carbocycles. The van der Waals surface area contributed by atoms with Crippen molar-refractivity contribution in [2.24, 2.45) is 5.41 Å². The Morgan fingerprint density at radius 2 is 2.13 bits per heavy atom. The molecule has 5 rings (SSSR count). The summed E-state index contributed by atoms with van der Waals surface area (Å²) >= 11 is 0. The molecular weight excluding hydrogens is 284 g/mol. The summed E-state index contributed by atoms with van der Waals surface area (Å²) < 4.78 is 2.51. The minimum Gasteiger partial charge on any atom is -0.394 e. The predicted octanol–water partition coefficient (Wildman–Crippen LogP) is 3.67. The van der Waals surface area contributed by atoms with Gasteiger partial charge in [-0.05, 0) is 55.7 Å². The zero-order valence-corrected chi connectivity index (χ0v) is 14.0. The number of benzene rings is 1. The van der Waals surface area contributed by atoms with Crippen LogP contribution in [0.5, 0.6) is 0 Å². The smallest absolute Gasteiger partial charge is 0.0639 e. The van der Waals surface area contributed by atoms with Crippen molar-refractivity contribution in [1.29, 1.82) is 0 Å². The summed E-state index contributed by atoms with van der Waals surface area (Å²) in [5.41, 5.74) is 4.82. The summed E-state index contributed by atoms with van der Waals surface area (Å²) in [4.78, 5) is 2.75.